The Morgan fingerprint density at radius 3 is 2.67 bits per heavy atom. The Labute approximate surface area is 117 Å². The number of hydrogen-bond donors (Lipinski definition) is 0. The Morgan fingerprint density at radius 1 is 1.39 bits per heavy atom. The fourth-order valence-electron chi connectivity index (χ4n) is 1.79. The summed E-state index contributed by atoms with van der Waals surface area (Å²) < 4.78 is 8.09. The topological polar surface area (TPSA) is 44.1 Å². The number of aryl methyl sites for hydroxylation is 2. The van der Waals surface area contributed by atoms with Crippen LogP contribution in [0.4, 0.5) is 0 Å². The van der Waals surface area contributed by atoms with Gasteiger partial charge < -0.3 is 4.74 Å². The molecule has 0 N–H and O–H groups in total. The van der Waals surface area contributed by atoms with Crippen LogP contribution in [0.3, 0.4) is 0 Å². The molecule has 0 aromatic carbocycles. The molecule has 0 fully saturated rings. The largest absolute Gasteiger partial charge is 0.381 e. The van der Waals surface area contributed by atoms with Gasteiger partial charge in [-0.2, -0.15) is 5.10 Å². The predicted molar refractivity (Wildman–Crippen MR) is 74.8 cm³/mol. The van der Waals surface area contributed by atoms with E-state index in [1.165, 1.54) is 0 Å². The van der Waals surface area contributed by atoms with Gasteiger partial charge in [0.1, 0.15) is 5.78 Å². The summed E-state index contributed by atoms with van der Waals surface area (Å²) in [6, 6.07) is 0. The van der Waals surface area contributed by atoms with Gasteiger partial charge in [-0.3, -0.25) is 9.48 Å². The number of hydrogen-bond acceptors (Lipinski definition) is 3. The van der Waals surface area contributed by atoms with Crippen LogP contribution in [0.25, 0.3) is 0 Å². The van der Waals surface area contributed by atoms with Crippen molar-refractivity contribution < 1.29 is 9.53 Å². The smallest absolute Gasteiger partial charge is 0.141 e. The van der Waals surface area contributed by atoms with Crippen LogP contribution in [0.5, 0.6) is 0 Å². The molecule has 1 heterocycles. The summed E-state index contributed by atoms with van der Waals surface area (Å²) in [7, 11) is 0. The molecule has 0 aliphatic heterocycles. The zero-order valence-electron chi connectivity index (χ0n) is 11.3. The summed E-state index contributed by atoms with van der Waals surface area (Å²) in [4.78, 5) is 11.9. The molecule has 5 heteroatoms. The van der Waals surface area contributed by atoms with Gasteiger partial charge >= 0.3 is 0 Å². The minimum Gasteiger partial charge on any atom is -0.381 e. The van der Waals surface area contributed by atoms with E-state index in [1.807, 2.05) is 18.5 Å². The normalized spacial score (nSPS) is 10.9. The summed E-state index contributed by atoms with van der Waals surface area (Å²) in [5, 5.41) is 4.48. The molecule has 1 aromatic rings. The summed E-state index contributed by atoms with van der Waals surface area (Å²) in [5.41, 5.74) is 2.00. The molecule has 0 spiro atoms. The maximum absolute atomic E-state index is 11.9. The number of nitrogens with zero attached hydrogens (tertiary/aromatic N) is 2. The van der Waals surface area contributed by atoms with Crippen LogP contribution >= 0.6 is 15.9 Å². The fourth-order valence-corrected chi connectivity index (χ4v) is 2.50. The Kier molecular flexibility index (Phi) is 6.57. The van der Waals surface area contributed by atoms with Gasteiger partial charge in [0.2, 0.25) is 0 Å². The average molecular weight is 317 g/mol. The number of halogens is 1. The van der Waals surface area contributed by atoms with E-state index >= 15 is 0 Å². The molecule has 1 rings (SSSR count). The number of aromatic nitrogens is 2. The van der Waals surface area contributed by atoms with Crippen molar-refractivity contribution in [3.8, 4) is 0 Å². The second-order valence-corrected chi connectivity index (χ2v) is 4.83. The number of rotatable bonds is 8. The van der Waals surface area contributed by atoms with Crippen LogP contribution in [0.2, 0.25) is 0 Å². The number of ether oxygens (including phenoxy) is 1. The van der Waals surface area contributed by atoms with Gasteiger partial charge in [-0.25, -0.2) is 0 Å². The van der Waals surface area contributed by atoms with Crippen LogP contribution < -0.4 is 0 Å². The van der Waals surface area contributed by atoms with Crippen molar-refractivity contribution in [1.82, 2.24) is 9.78 Å². The molecule has 0 amide bonds. The van der Waals surface area contributed by atoms with E-state index in [2.05, 4.69) is 28.0 Å². The zero-order valence-corrected chi connectivity index (χ0v) is 12.9. The summed E-state index contributed by atoms with van der Waals surface area (Å²) in [5.74, 6) is 0.196. The van der Waals surface area contributed by atoms with Crippen molar-refractivity contribution in [2.45, 2.75) is 46.6 Å². The van der Waals surface area contributed by atoms with Crippen molar-refractivity contribution in [3.63, 3.8) is 0 Å². The van der Waals surface area contributed by atoms with E-state index in [9.17, 15) is 4.79 Å². The lowest BCUT2D eigenvalue weighted by atomic mass is 10.1. The number of carbonyl (C=O) groups is 1. The lowest BCUT2D eigenvalue weighted by Gasteiger charge is -2.05. The van der Waals surface area contributed by atoms with Crippen LogP contribution in [0.15, 0.2) is 4.47 Å². The summed E-state index contributed by atoms with van der Waals surface area (Å²) in [6.07, 6.45) is 1.76. The first-order valence-corrected chi connectivity index (χ1v) is 7.26. The van der Waals surface area contributed by atoms with Gasteiger partial charge in [-0.15, -0.1) is 0 Å². The Balaban J connectivity index is 2.70. The molecule has 102 valence electrons. The van der Waals surface area contributed by atoms with Gasteiger partial charge in [-0.05, 0) is 36.2 Å². The molecule has 0 unspecified atom stereocenters. The van der Waals surface area contributed by atoms with Crippen molar-refractivity contribution in [2.75, 3.05) is 13.2 Å². The Hall–Kier alpha value is -0.680. The third kappa shape index (κ3) is 3.92. The van der Waals surface area contributed by atoms with Gasteiger partial charge in [-0.1, -0.05) is 6.92 Å². The second-order valence-electron chi connectivity index (χ2n) is 4.04. The molecule has 0 aliphatic carbocycles. The van der Waals surface area contributed by atoms with E-state index in [-0.39, 0.29) is 5.78 Å². The highest BCUT2D eigenvalue weighted by Gasteiger charge is 2.16. The Bertz CT molecular complexity index is 402. The third-order valence-electron chi connectivity index (χ3n) is 2.79. The van der Waals surface area contributed by atoms with Crippen LogP contribution in [0.1, 0.15) is 38.6 Å². The molecule has 0 saturated heterocycles. The zero-order chi connectivity index (χ0) is 13.5. The van der Waals surface area contributed by atoms with Crippen molar-refractivity contribution in [2.24, 2.45) is 0 Å². The summed E-state index contributed by atoms with van der Waals surface area (Å²) >= 11 is 3.55. The molecule has 0 radical (unpaired) electrons. The standard InChI is InChI=1S/C13H21BrN2O2/c1-4-11-13(14)12(16(5-2)15-11)9-10(17)7-8-18-6-3/h4-9H2,1-3H3. The van der Waals surface area contributed by atoms with E-state index in [4.69, 9.17) is 4.74 Å². The van der Waals surface area contributed by atoms with Crippen LogP contribution in [0, 0.1) is 0 Å². The fraction of sp³-hybridized carbons (Fsp3) is 0.692. The molecule has 18 heavy (non-hydrogen) atoms. The Morgan fingerprint density at radius 2 is 2.11 bits per heavy atom. The van der Waals surface area contributed by atoms with Crippen molar-refractivity contribution in [1.29, 1.82) is 0 Å². The van der Waals surface area contributed by atoms with Crippen LogP contribution in [-0.2, 0) is 28.9 Å². The van der Waals surface area contributed by atoms with Gasteiger partial charge in [0, 0.05) is 26.0 Å². The number of carbonyl (C=O) groups excluding carboxylic acids is 1. The van der Waals surface area contributed by atoms with E-state index in [0.717, 1.165) is 28.8 Å². The number of ketones is 1. The molecule has 0 aliphatic rings. The highest BCUT2D eigenvalue weighted by atomic mass is 79.9. The highest BCUT2D eigenvalue weighted by molar-refractivity contribution is 9.10. The summed E-state index contributed by atoms with van der Waals surface area (Å²) in [6.45, 7) is 7.98. The van der Waals surface area contributed by atoms with Crippen LogP contribution in [-0.4, -0.2) is 28.8 Å². The average Bonchev–Trinajstić information content (AvgIpc) is 2.66. The van der Waals surface area contributed by atoms with Crippen molar-refractivity contribution >= 4 is 21.7 Å². The minimum atomic E-state index is 0.196. The number of Topliss-reactive ketones (excluding diaryl/α,β-unsaturated/α-hetero) is 1. The molecule has 0 atom stereocenters. The molecular weight excluding hydrogens is 296 g/mol. The van der Waals surface area contributed by atoms with Gasteiger partial charge in [0.05, 0.1) is 22.5 Å². The molecule has 4 nitrogen and oxygen atoms in total. The van der Waals surface area contributed by atoms with Gasteiger partial charge in [0.25, 0.3) is 0 Å². The first-order valence-electron chi connectivity index (χ1n) is 6.47. The monoisotopic (exact) mass is 316 g/mol. The van der Waals surface area contributed by atoms with Crippen molar-refractivity contribution in [3.05, 3.63) is 15.9 Å². The molecular formula is C13H21BrN2O2. The first-order chi connectivity index (χ1) is 8.63. The van der Waals surface area contributed by atoms with E-state index in [1.54, 1.807) is 0 Å². The predicted octanol–water partition coefficient (Wildman–Crippen LogP) is 2.77. The molecule has 0 bridgehead atoms. The lowest BCUT2D eigenvalue weighted by Crippen LogP contribution is -2.12. The van der Waals surface area contributed by atoms with E-state index < -0.39 is 0 Å². The van der Waals surface area contributed by atoms with E-state index in [0.29, 0.717) is 26.1 Å². The first kappa shape index (κ1) is 15.4. The minimum absolute atomic E-state index is 0.196. The third-order valence-corrected chi connectivity index (χ3v) is 3.70. The highest BCUT2D eigenvalue weighted by Crippen LogP contribution is 2.23. The maximum atomic E-state index is 11.9. The maximum Gasteiger partial charge on any atom is 0.141 e. The SMILES string of the molecule is CCOCCC(=O)Cc1c(Br)c(CC)nn1CC. The lowest BCUT2D eigenvalue weighted by molar-refractivity contribution is -0.119. The molecule has 0 saturated carbocycles. The van der Waals surface area contributed by atoms with Gasteiger partial charge in [0.15, 0.2) is 0 Å². The second kappa shape index (κ2) is 7.69. The molecule has 1 aromatic heterocycles. The quantitative estimate of drug-likeness (QED) is 0.693.